The van der Waals surface area contributed by atoms with E-state index < -0.39 is 0 Å². The Morgan fingerprint density at radius 2 is 1.45 bits per heavy atom. The molecular weight excluding hydrogens is 264 g/mol. The second kappa shape index (κ2) is 8.05. The van der Waals surface area contributed by atoms with Crippen LogP contribution in [-0.4, -0.2) is 0 Å². The van der Waals surface area contributed by atoms with Gasteiger partial charge in [0.15, 0.2) is 0 Å². The summed E-state index contributed by atoms with van der Waals surface area (Å²) in [6, 6.07) is 16.9. The molecule has 22 heavy (non-hydrogen) atoms. The highest BCUT2D eigenvalue weighted by Crippen LogP contribution is 2.18. The highest BCUT2D eigenvalue weighted by Gasteiger charge is 1.97. The summed E-state index contributed by atoms with van der Waals surface area (Å²) in [6.45, 7) is 8.08. The molecule has 0 saturated heterocycles. The zero-order valence-electron chi connectivity index (χ0n) is 13.4. The Morgan fingerprint density at radius 1 is 0.909 bits per heavy atom. The maximum Gasteiger partial charge on any atom is 0.0249 e. The monoisotopic (exact) mass is 286 g/mol. The third kappa shape index (κ3) is 4.24. The molecule has 0 aliphatic rings. The van der Waals surface area contributed by atoms with Gasteiger partial charge in [0, 0.05) is 11.1 Å². The maximum atomic E-state index is 3.77. The second-order valence-electron chi connectivity index (χ2n) is 5.16. The van der Waals surface area contributed by atoms with Crippen LogP contribution in [0.15, 0.2) is 67.3 Å². The Bertz CT molecular complexity index is 701. The minimum absolute atomic E-state index is 1.00. The SMILES string of the molecule is C=C/C=C(\CC)c1ccc(C#Cc2ccc(CC)cc2)cc1. The van der Waals surface area contributed by atoms with Crippen molar-refractivity contribution in [3.63, 3.8) is 0 Å². The summed E-state index contributed by atoms with van der Waals surface area (Å²) in [4.78, 5) is 0. The number of rotatable bonds is 4. The lowest BCUT2D eigenvalue weighted by atomic mass is 10.0. The topological polar surface area (TPSA) is 0 Å². The van der Waals surface area contributed by atoms with Crippen LogP contribution in [0.3, 0.4) is 0 Å². The molecule has 0 nitrogen and oxygen atoms in total. The highest BCUT2D eigenvalue weighted by atomic mass is 14.0. The van der Waals surface area contributed by atoms with Gasteiger partial charge in [-0.2, -0.15) is 0 Å². The molecule has 0 radical (unpaired) electrons. The number of hydrogen-bond acceptors (Lipinski definition) is 0. The molecule has 0 aliphatic carbocycles. The van der Waals surface area contributed by atoms with E-state index in [9.17, 15) is 0 Å². The molecule has 110 valence electrons. The Morgan fingerprint density at radius 3 is 1.91 bits per heavy atom. The van der Waals surface area contributed by atoms with E-state index in [-0.39, 0.29) is 0 Å². The molecule has 0 bridgehead atoms. The van der Waals surface area contributed by atoms with Gasteiger partial charge < -0.3 is 0 Å². The number of hydrogen-bond donors (Lipinski definition) is 0. The Balaban J connectivity index is 2.16. The lowest BCUT2D eigenvalue weighted by Gasteiger charge is -2.03. The standard InChI is InChI=1S/C22H22/c1-4-7-21(6-3)22-16-14-20(15-17-22)13-12-19-10-8-18(5-2)9-11-19/h4,7-11,14-17H,1,5-6H2,2-3H3/b21-7+. The van der Waals surface area contributed by atoms with Crippen molar-refractivity contribution >= 4 is 5.57 Å². The first-order valence-corrected chi connectivity index (χ1v) is 7.79. The van der Waals surface area contributed by atoms with Crippen molar-refractivity contribution in [1.82, 2.24) is 0 Å². The first-order chi connectivity index (χ1) is 10.8. The van der Waals surface area contributed by atoms with Crippen LogP contribution >= 0.6 is 0 Å². The summed E-state index contributed by atoms with van der Waals surface area (Å²) in [7, 11) is 0. The van der Waals surface area contributed by atoms with Crippen molar-refractivity contribution in [2.75, 3.05) is 0 Å². The van der Waals surface area contributed by atoms with Gasteiger partial charge >= 0.3 is 0 Å². The van der Waals surface area contributed by atoms with Crippen LogP contribution < -0.4 is 0 Å². The minimum atomic E-state index is 1.00. The summed E-state index contributed by atoms with van der Waals surface area (Å²) in [5.74, 6) is 6.44. The fourth-order valence-electron chi connectivity index (χ4n) is 2.30. The van der Waals surface area contributed by atoms with E-state index >= 15 is 0 Å². The predicted octanol–water partition coefficient (Wildman–Crippen LogP) is 5.63. The van der Waals surface area contributed by atoms with Gasteiger partial charge in [0.1, 0.15) is 0 Å². The smallest absolute Gasteiger partial charge is 0.0249 e. The molecular formula is C22H22. The van der Waals surface area contributed by atoms with Crippen molar-refractivity contribution in [2.24, 2.45) is 0 Å². The molecule has 0 saturated carbocycles. The molecule has 0 amide bonds. The van der Waals surface area contributed by atoms with Gasteiger partial charge in [0.05, 0.1) is 0 Å². The second-order valence-corrected chi connectivity index (χ2v) is 5.16. The molecule has 0 heteroatoms. The van der Waals surface area contributed by atoms with Gasteiger partial charge in [0.25, 0.3) is 0 Å². The third-order valence-electron chi connectivity index (χ3n) is 3.67. The van der Waals surface area contributed by atoms with Crippen LogP contribution in [0, 0.1) is 11.8 Å². The lowest BCUT2D eigenvalue weighted by molar-refractivity contribution is 1.14. The molecule has 0 heterocycles. The van der Waals surface area contributed by atoms with Crippen molar-refractivity contribution in [3.8, 4) is 11.8 Å². The van der Waals surface area contributed by atoms with Gasteiger partial charge in [-0.3, -0.25) is 0 Å². The number of benzene rings is 2. The van der Waals surface area contributed by atoms with E-state index in [0.29, 0.717) is 0 Å². The zero-order valence-corrected chi connectivity index (χ0v) is 13.4. The van der Waals surface area contributed by atoms with Gasteiger partial charge in [-0.1, -0.05) is 68.7 Å². The van der Waals surface area contributed by atoms with Crippen LogP contribution in [0.2, 0.25) is 0 Å². The summed E-state index contributed by atoms with van der Waals surface area (Å²) in [5, 5.41) is 0. The summed E-state index contributed by atoms with van der Waals surface area (Å²) in [6.07, 6.45) is 5.97. The van der Waals surface area contributed by atoms with Crippen LogP contribution in [0.1, 0.15) is 42.5 Å². The summed E-state index contributed by atoms with van der Waals surface area (Å²) < 4.78 is 0. The van der Waals surface area contributed by atoms with E-state index in [2.05, 4.69) is 86.9 Å². The summed E-state index contributed by atoms with van der Waals surface area (Å²) >= 11 is 0. The van der Waals surface area contributed by atoms with Crippen molar-refractivity contribution in [1.29, 1.82) is 0 Å². The molecule has 0 N–H and O–H groups in total. The van der Waals surface area contributed by atoms with Gasteiger partial charge in [0.2, 0.25) is 0 Å². The van der Waals surface area contributed by atoms with Crippen LogP contribution in [0.25, 0.3) is 5.57 Å². The van der Waals surface area contributed by atoms with Crippen LogP contribution in [0.4, 0.5) is 0 Å². The van der Waals surface area contributed by atoms with E-state index in [1.54, 1.807) is 0 Å². The Hall–Kier alpha value is -2.52. The molecule has 0 fully saturated rings. The van der Waals surface area contributed by atoms with E-state index in [1.807, 2.05) is 6.08 Å². The fraction of sp³-hybridized carbons (Fsp3) is 0.182. The molecule has 0 spiro atoms. The van der Waals surface area contributed by atoms with Crippen molar-refractivity contribution < 1.29 is 0 Å². The first kappa shape index (κ1) is 15.9. The zero-order chi connectivity index (χ0) is 15.8. The molecule has 0 aliphatic heterocycles. The largest absolute Gasteiger partial charge is 0.0991 e. The van der Waals surface area contributed by atoms with Crippen LogP contribution in [-0.2, 0) is 6.42 Å². The van der Waals surface area contributed by atoms with E-state index in [1.165, 1.54) is 16.7 Å². The average Bonchev–Trinajstić information content (AvgIpc) is 2.59. The van der Waals surface area contributed by atoms with Gasteiger partial charge in [-0.05, 0) is 53.8 Å². The van der Waals surface area contributed by atoms with Gasteiger partial charge in [-0.25, -0.2) is 0 Å². The molecule has 0 unspecified atom stereocenters. The predicted molar refractivity (Wildman–Crippen MR) is 96.7 cm³/mol. The molecule has 0 aromatic heterocycles. The number of aryl methyl sites for hydroxylation is 1. The Labute approximate surface area is 134 Å². The normalized spacial score (nSPS) is 10.7. The molecule has 2 rings (SSSR count). The van der Waals surface area contributed by atoms with Crippen molar-refractivity contribution in [2.45, 2.75) is 26.7 Å². The molecule has 2 aromatic carbocycles. The van der Waals surface area contributed by atoms with Crippen LogP contribution in [0.5, 0.6) is 0 Å². The van der Waals surface area contributed by atoms with Crippen molar-refractivity contribution in [3.05, 3.63) is 89.5 Å². The lowest BCUT2D eigenvalue weighted by Crippen LogP contribution is -1.84. The summed E-state index contributed by atoms with van der Waals surface area (Å²) in [5.41, 5.74) is 5.97. The van der Waals surface area contributed by atoms with Gasteiger partial charge in [-0.15, -0.1) is 0 Å². The molecule has 2 aromatic rings. The first-order valence-electron chi connectivity index (χ1n) is 7.79. The number of allylic oxidation sites excluding steroid dienone is 3. The maximum absolute atomic E-state index is 3.77. The quantitative estimate of drug-likeness (QED) is 0.505. The third-order valence-corrected chi connectivity index (χ3v) is 3.67. The average molecular weight is 286 g/mol. The molecule has 0 atom stereocenters. The van der Waals surface area contributed by atoms with E-state index in [0.717, 1.165) is 24.0 Å². The Kier molecular flexibility index (Phi) is 5.81. The minimum Gasteiger partial charge on any atom is -0.0991 e. The highest BCUT2D eigenvalue weighted by molar-refractivity contribution is 5.67. The van der Waals surface area contributed by atoms with E-state index in [4.69, 9.17) is 0 Å². The fourth-order valence-corrected chi connectivity index (χ4v) is 2.30.